The van der Waals surface area contributed by atoms with Gasteiger partial charge < -0.3 is 19.9 Å². The summed E-state index contributed by atoms with van der Waals surface area (Å²) in [4.78, 5) is 22.6. The first-order valence-electron chi connectivity index (χ1n) is 10.1. The minimum Gasteiger partial charge on any atom is -0.450 e. The van der Waals surface area contributed by atoms with E-state index in [0.29, 0.717) is 25.7 Å². The molecule has 164 valence electrons. The van der Waals surface area contributed by atoms with E-state index in [4.69, 9.17) is 4.74 Å². The molecule has 0 aromatic heterocycles. The van der Waals surface area contributed by atoms with Gasteiger partial charge in [-0.15, -0.1) is 24.0 Å². The van der Waals surface area contributed by atoms with Crippen molar-refractivity contribution in [3.05, 3.63) is 35.4 Å². The number of halogens is 1. The Hall–Kier alpha value is -1.55. The van der Waals surface area contributed by atoms with E-state index in [2.05, 4.69) is 65.3 Å². The minimum absolute atomic E-state index is 0. The smallest absolute Gasteiger partial charge is 0.409 e. The largest absolute Gasteiger partial charge is 0.450 e. The van der Waals surface area contributed by atoms with Crippen LogP contribution in [0.5, 0.6) is 0 Å². The van der Waals surface area contributed by atoms with Crippen molar-refractivity contribution in [3.8, 4) is 0 Å². The van der Waals surface area contributed by atoms with Crippen molar-refractivity contribution in [1.82, 2.24) is 20.0 Å². The molecule has 1 amide bonds. The molecule has 7 nitrogen and oxygen atoms in total. The van der Waals surface area contributed by atoms with Gasteiger partial charge in [-0.1, -0.05) is 24.3 Å². The van der Waals surface area contributed by atoms with Gasteiger partial charge in [0.2, 0.25) is 0 Å². The van der Waals surface area contributed by atoms with E-state index in [9.17, 15) is 4.79 Å². The highest BCUT2D eigenvalue weighted by Gasteiger charge is 2.23. The summed E-state index contributed by atoms with van der Waals surface area (Å²) in [6, 6.07) is 9.04. The number of amides is 1. The van der Waals surface area contributed by atoms with Gasteiger partial charge in [-0.2, -0.15) is 0 Å². The Kier molecular flexibility index (Phi) is 11.3. The number of carbonyl (C=O) groups is 1. The van der Waals surface area contributed by atoms with Gasteiger partial charge in [0.05, 0.1) is 6.61 Å². The Balaban J connectivity index is 0.00000420. The summed E-state index contributed by atoms with van der Waals surface area (Å²) in [5, 5.41) is 3.49. The maximum atomic E-state index is 11.9. The number of nitrogens with one attached hydrogen (secondary N) is 1. The molecule has 1 heterocycles. The third kappa shape index (κ3) is 7.65. The molecule has 2 rings (SSSR count). The maximum Gasteiger partial charge on any atom is 0.409 e. The van der Waals surface area contributed by atoms with Crippen LogP contribution in [-0.2, 0) is 17.8 Å². The van der Waals surface area contributed by atoms with Crippen LogP contribution >= 0.6 is 24.0 Å². The third-order valence-electron chi connectivity index (χ3n) is 5.17. The number of hydrogen-bond acceptors (Lipinski definition) is 4. The van der Waals surface area contributed by atoms with E-state index in [-0.39, 0.29) is 30.1 Å². The molecule has 0 spiro atoms. The monoisotopic (exact) mass is 517 g/mol. The Labute approximate surface area is 192 Å². The van der Waals surface area contributed by atoms with Crippen molar-refractivity contribution < 1.29 is 9.53 Å². The topological polar surface area (TPSA) is 60.4 Å². The zero-order chi connectivity index (χ0) is 20.5. The standard InChI is InChI=1S/C21H35N5O2.HI/c1-6-28-21(27)26-13-11-25(12-14-26)20(22-4)23-15-18-9-7-8-10-19(18)16-24(5)17(2)3;/h7-10,17H,6,11-16H2,1-5H3,(H,22,23);1H. The highest BCUT2D eigenvalue weighted by molar-refractivity contribution is 14.0. The molecule has 1 saturated heterocycles. The summed E-state index contributed by atoms with van der Waals surface area (Å²) in [5.41, 5.74) is 2.61. The molecule has 29 heavy (non-hydrogen) atoms. The molecule has 1 aromatic rings. The summed E-state index contributed by atoms with van der Waals surface area (Å²) in [7, 11) is 3.95. The second-order valence-electron chi connectivity index (χ2n) is 7.35. The van der Waals surface area contributed by atoms with Gasteiger partial charge in [-0.05, 0) is 38.9 Å². The van der Waals surface area contributed by atoms with Gasteiger partial charge in [0.15, 0.2) is 5.96 Å². The summed E-state index contributed by atoms with van der Waals surface area (Å²) in [5.74, 6) is 0.871. The quantitative estimate of drug-likeness (QED) is 0.357. The maximum absolute atomic E-state index is 11.9. The Bertz CT molecular complexity index is 660. The van der Waals surface area contributed by atoms with Crippen molar-refractivity contribution in [1.29, 1.82) is 0 Å². The number of piperazine rings is 1. The van der Waals surface area contributed by atoms with Crippen LogP contribution in [0.4, 0.5) is 4.79 Å². The Morgan fingerprint density at radius 3 is 2.31 bits per heavy atom. The number of ether oxygens (including phenoxy) is 1. The first-order chi connectivity index (χ1) is 13.5. The molecular weight excluding hydrogens is 481 g/mol. The normalized spacial score (nSPS) is 14.8. The molecule has 0 radical (unpaired) electrons. The molecular formula is C21H36IN5O2. The third-order valence-corrected chi connectivity index (χ3v) is 5.17. The zero-order valence-corrected chi connectivity index (χ0v) is 20.7. The molecule has 1 aromatic carbocycles. The molecule has 0 bridgehead atoms. The summed E-state index contributed by atoms with van der Waals surface area (Å²) in [6.07, 6.45) is -0.228. The second-order valence-corrected chi connectivity index (χ2v) is 7.35. The lowest BCUT2D eigenvalue weighted by Gasteiger charge is -2.36. The van der Waals surface area contributed by atoms with E-state index >= 15 is 0 Å². The number of nitrogens with zero attached hydrogens (tertiary/aromatic N) is 4. The summed E-state index contributed by atoms with van der Waals surface area (Å²) >= 11 is 0. The lowest BCUT2D eigenvalue weighted by Crippen LogP contribution is -2.53. The molecule has 1 aliphatic rings. The van der Waals surface area contributed by atoms with E-state index in [1.165, 1.54) is 11.1 Å². The van der Waals surface area contributed by atoms with Gasteiger partial charge in [-0.3, -0.25) is 9.89 Å². The number of rotatable bonds is 6. The number of carbonyl (C=O) groups excluding carboxylic acids is 1. The van der Waals surface area contributed by atoms with Crippen molar-refractivity contribution in [3.63, 3.8) is 0 Å². The fourth-order valence-electron chi connectivity index (χ4n) is 3.16. The van der Waals surface area contributed by atoms with Gasteiger partial charge in [-0.25, -0.2) is 4.79 Å². The first kappa shape index (κ1) is 25.5. The molecule has 8 heteroatoms. The van der Waals surface area contributed by atoms with Gasteiger partial charge in [0, 0.05) is 52.4 Å². The Morgan fingerprint density at radius 2 is 1.76 bits per heavy atom. The summed E-state index contributed by atoms with van der Waals surface area (Å²) in [6.45, 7) is 11.1. The van der Waals surface area contributed by atoms with Crippen molar-refractivity contribution in [2.45, 2.75) is 39.9 Å². The lowest BCUT2D eigenvalue weighted by molar-refractivity contribution is 0.0914. The van der Waals surface area contributed by atoms with Crippen LogP contribution in [0.2, 0.25) is 0 Å². The number of hydrogen-bond donors (Lipinski definition) is 1. The number of benzene rings is 1. The minimum atomic E-state index is -0.228. The van der Waals surface area contributed by atoms with E-state index < -0.39 is 0 Å². The molecule has 0 aliphatic carbocycles. The molecule has 1 aliphatic heterocycles. The molecule has 0 unspecified atom stereocenters. The average molecular weight is 517 g/mol. The van der Waals surface area contributed by atoms with Crippen LogP contribution in [-0.4, -0.2) is 79.7 Å². The SMILES string of the molecule is CCOC(=O)N1CCN(C(=NC)NCc2ccccc2CN(C)C(C)C)CC1.I. The summed E-state index contributed by atoms with van der Waals surface area (Å²) < 4.78 is 5.09. The second kappa shape index (κ2) is 12.9. The fraction of sp³-hybridized carbons (Fsp3) is 0.619. The number of aliphatic imine (C=N–C) groups is 1. The van der Waals surface area contributed by atoms with Crippen molar-refractivity contribution >= 4 is 36.0 Å². The highest BCUT2D eigenvalue weighted by atomic mass is 127. The van der Waals surface area contributed by atoms with Crippen LogP contribution in [0.1, 0.15) is 31.9 Å². The lowest BCUT2D eigenvalue weighted by atomic mass is 10.1. The fourth-order valence-corrected chi connectivity index (χ4v) is 3.16. The highest BCUT2D eigenvalue weighted by Crippen LogP contribution is 2.13. The average Bonchev–Trinajstić information content (AvgIpc) is 2.70. The van der Waals surface area contributed by atoms with Gasteiger partial charge in [0.25, 0.3) is 0 Å². The first-order valence-corrected chi connectivity index (χ1v) is 10.1. The molecule has 1 fully saturated rings. The van der Waals surface area contributed by atoms with Crippen LogP contribution < -0.4 is 5.32 Å². The molecule has 0 saturated carbocycles. The van der Waals surface area contributed by atoms with Crippen LogP contribution in [0.25, 0.3) is 0 Å². The number of guanidine groups is 1. The molecule has 1 N–H and O–H groups in total. The van der Waals surface area contributed by atoms with Crippen LogP contribution in [0.15, 0.2) is 29.3 Å². The van der Waals surface area contributed by atoms with Crippen molar-refractivity contribution in [2.24, 2.45) is 4.99 Å². The predicted octanol–water partition coefficient (Wildman–Crippen LogP) is 2.99. The predicted molar refractivity (Wildman–Crippen MR) is 129 cm³/mol. The van der Waals surface area contributed by atoms with Crippen LogP contribution in [0, 0.1) is 0 Å². The van der Waals surface area contributed by atoms with E-state index in [0.717, 1.165) is 32.1 Å². The molecule has 0 atom stereocenters. The van der Waals surface area contributed by atoms with E-state index in [1.54, 1.807) is 11.9 Å². The Morgan fingerprint density at radius 1 is 1.17 bits per heavy atom. The van der Waals surface area contributed by atoms with Crippen LogP contribution in [0.3, 0.4) is 0 Å². The van der Waals surface area contributed by atoms with Gasteiger partial charge in [0.1, 0.15) is 0 Å². The van der Waals surface area contributed by atoms with Crippen molar-refractivity contribution in [2.75, 3.05) is 46.9 Å². The van der Waals surface area contributed by atoms with Gasteiger partial charge >= 0.3 is 6.09 Å². The van der Waals surface area contributed by atoms with E-state index in [1.807, 2.05) is 6.92 Å². The zero-order valence-electron chi connectivity index (χ0n) is 18.4.